The van der Waals surface area contributed by atoms with Crippen molar-refractivity contribution < 1.29 is 14.3 Å². The number of aromatic nitrogens is 3. The van der Waals surface area contributed by atoms with Gasteiger partial charge in [0.25, 0.3) is 5.91 Å². The Morgan fingerprint density at radius 2 is 1.87 bits per heavy atom. The molecule has 0 aliphatic rings. The first kappa shape index (κ1) is 19.0. The van der Waals surface area contributed by atoms with E-state index in [9.17, 15) is 10.1 Å². The maximum Gasteiger partial charge on any atom is 0.250 e. The summed E-state index contributed by atoms with van der Waals surface area (Å²) >= 11 is 0. The molecule has 0 atom stereocenters. The van der Waals surface area contributed by atoms with E-state index in [1.54, 1.807) is 73.6 Å². The number of benzene rings is 2. The molecule has 2 aromatic heterocycles. The van der Waals surface area contributed by atoms with Gasteiger partial charge in [0.2, 0.25) is 0 Å². The summed E-state index contributed by atoms with van der Waals surface area (Å²) in [5, 5.41) is 9.21. The van der Waals surface area contributed by atoms with Crippen LogP contribution in [0.25, 0.3) is 28.1 Å². The van der Waals surface area contributed by atoms with Gasteiger partial charge in [0, 0.05) is 17.7 Å². The van der Waals surface area contributed by atoms with E-state index < -0.39 is 5.91 Å². The average Bonchev–Trinajstić information content (AvgIpc) is 3.20. The van der Waals surface area contributed by atoms with Crippen molar-refractivity contribution in [2.24, 2.45) is 5.73 Å². The predicted octanol–water partition coefficient (Wildman–Crippen LogP) is 3.08. The van der Waals surface area contributed by atoms with Crippen LogP contribution in [-0.4, -0.2) is 34.7 Å². The first-order valence-corrected chi connectivity index (χ1v) is 8.96. The van der Waals surface area contributed by atoms with Crippen LogP contribution in [0.15, 0.2) is 54.9 Å². The number of primary amides is 1. The number of methoxy groups -OCH3 is 2. The Balaban J connectivity index is 1.92. The fraction of sp³-hybridized carbons (Fsp3) is 0.0909. The second-order valence-corrected chi connectivity index (χ2v) is 6.43. The minimum Gasteiger partial charge on any atom is -0.493 e. The van der Waals surface area contributed by atoms with Crippen molar-refractivity contribution in [2.75, 3.05) is 14.2 Å². The van der Waals surface area contributed by atoms with Crippen molar-refractivity contribution in [1.29, 1.82) is 5.26 Å². The third-order valence-corrected chi connectivity index (χ3v) is 4.71. The van der Waals surface area contributed by atoms with Gasteiger partial charge >= 0.3 is 0 Å². The monoisotopic (exact) mass is 399 g/mol. The normalized spacial score (nSPS) is 10.6. The summed E-state index contributed by atoms with van der Waals surface area (Å²) in [5.41, 5.74) is 8.73. The molecule has 1 amide bonds. The Labute approximate surface area is 172 Å². The fourth-order valence-electron chi connectivity index (χ4n) is 3.26. The Hall–Kier alpha value is -4.38. The van der Waals surface area contributed by atoms with Gasteiger partial charge in [-0.2, -0.15) is 5.26 Å². The highest BCUT2D eigenvalue weighted by Gasteiger charge is 2.16. The maximum atomic E-state index is 12.0. The number of nitrogens with two attached hydrogens (primary N) is 1. The van der Waals surface area contributed by atoms with Crippen LogP contribution in [0.4, 0.5) is 0 Å². The molecule has 30 heavy (non-hydrogen) atoms. The van der Waals surface area contributed by atoms with E-state index in [4.69, 9.17) is 15.2 Å². The fourth-order valence-corrected chi connectivity index (χ4v) is 3.26. The summed E-state index contributed by atoms with van der Waals surface area (Å²) in [5.74, 6) is 1.06. The minimum atomic E-state index is -0.603. The lowest BCUT2D eigenvalue weighted by atomic mass is 10.0. The lowest BCUT2D eigenvalue weighted by Gasteiger charge is -2.11. The molecular weight excluding hydrogens is 382 g/mol. The molecule has 4 aromatic rings. The molecule has 0 unspecified atom stereocenters. The van der Waals surface area contributed by atoms with E-state index >= 15 is 0 Å². The number of ether oxygens (including phenoxy) is 2. The number of nitrogens with zero attached hydrogens (tertiary/aromatic N) is 4. The first-order chi connectivity index (χ1) is 14.5. The van der Waals surface area contributed by atoms with Crippen LogP contribution >= 0.6 is 0 Å². The lowest BCUT2D eigenvalue weighted by molar-refractivity contribution is 0.100. The van der Waals surface area contributed by atoms with Crippen LogP contribution in [-0.2, 0) is 0 Å². The Morgan fingerprint density at radius 1 is 1.10 bits per heavy atom. The Bertz CT molecular complexity index is 1320. The highest BCUT2D eigenvalue weighted by atomic mass is 16.5. The molecule has 0 saturated carbocycles. The molecule has 2 N–H and O–H groups in total. The second kappa shape index (κ2) is 7.56. The number of carbonyl (C=O) groups is 1. The van der Waals surface area contributed by atoms with Gasteiger partial charge in [-0.3, -0.25) is 9.36 Å². The molecule has 0 fully saturated rings. The molecule has 0 aliphatic heterocycles. The molecule has 8 heteroatoms. The van der Waals surface area contributed by atoms with E-state index in [1.807, 2.05) is 0 Å². The summed E-state index contributed by atoms with van der Waals surface area (Å²) in [6.45, 7) is 0. The number of hydrogen-bond donors (Lipinski definition) is 1. The Morgan fingerprint density at radius 3 is 2.57 bits per heavy atom. The number of nitriles is 1. The molecule has 0 aliphatic carbocycles. The number of imidazole rings is 1. The van der Waals surface area contributed by atoms with E-state index in [2.05, 4.69) is 16.0 Å². The largest absolute Gasteiger partial charge is 0.493 e. The lowest BCUT2D eigenvalue weighted by Crippen LogP contribution is -2.14. The third-order valence-electron chi connectivity index (χ3n) is 4.71. The van der Waals surface area contributed by atoms with Gasteiger partial charge in [-0.1, -0.05) is 12.1 Å². The summed E-state index contributed by atoms with van der Waals surface area (Å²) < 4.78 is 12.5. The van der Waals surface area contributed by atoms with Crippen molar-refractivity contribution in [3.8, 4) is 34.6 Å². The molecule has 0 saturated heterocycles. The van der Waals surface area contributed by atoms with E-state index in [0.717, 1.165) is 5.52 Å². The van der Waals surface area contributed by atoms with Gasteiger partial charge in [-0.05, 0) is 24.3 Å². The van der Waals surface area contributed by atoms with Crippen LogP contribution in [0, 0.1) is 11.3 Å². The van der Waals surface area contributed by atoms with E-state index in [-0.39, 0.29) is 5.56 Å². The summed E-state index contributed by atoms with van der Waals surface area (Å²) in [6.07, 6.45) is 1.63. The maximum absolute atomic E-state index is 12.0. The van der Waals surface area contributed by atoms with Gasteiger partial charge in [0.1, 0.15) is 12.1 Å². The molecule has 8 nitrogen and oxygen atoms in total. The molecule has 0 radical (unpaired) electrons. The van der Waals surface area contributed by atoms with Gasteiger partial charge < -0.3 is 15.2 Å². The number of fused-ring (bicyclic) bond motifs is 1. The van der Waals surface area contributed by atoms with Gasteiger partial charge in [-0.25, -0.2) is 9.97 Å². The van der Waals surface area contributed by atoms with Crippen molar-refractivity contribution in [3.05, 3.63) is 66.0 Å². The van der Waals surface area contributed by atoms with Crippen LogP contribution in [0.5, 0.6) is 11.5 Å². The number of pyridine rings is 1. The predicted molar refractivity (Wildman–Crippen MR) is 111 cm³/mol. The van der Waals surface area contributed by atoms with Crippen molar-refractivity contribution in [2.45, 2.75) is 0 Å². The van der Waals surface area contributed by atoms with Crippen LogP contribution in [0.2, 0.25) is 0 Å². The summed E-state index contributed by atoms with van der Waals surface area (Å²) in [7, 11) is 3.12. The third kappa shape index (κ3) is 3.18. The minimum absolute atomic E-state index is 0.262. The zero-order valence-corrected chi connectivity index (χ0v) is 16.3. The molecule has 2 heterocycles. The molecule has 148 valence electrons. The number of amides is 1. The molecule has 0 bridgehead atoms. The summed E-state index contributed by atoms with van der Waals surface area (Å²) in [6, 6.07) is 15.8. The first-order valence-electron chi connectivity index (χ1n) is 8.96. The van der Waals surface area contributed by atoms with Gasteiger partial charge in [-0.15, -0.1) is 0 Å². The quantitative estimate of drug-likeness (QED) is 0.551. The van der Waals surface area contributed by atoms with E-state index in [1.165, 1.54) is 0 Å². The number of rotatable bonds is 5. The van der Waals surface area contributed by atoms with E-state index in [0.29, 0.717) is 39.7 Å². The van der Waals surface area contributed by atoms with Crippen molar-refractivity contribution in [3.63, 3.8) is 0 Å². The molecule has 0 spiro atoms. The smallest absolute Gasteiger partial charge is 0.250 e. The zero-order valence-electron chi connectivity index (χ0n) is 16.3. The van der Waals surface area contributed by atoms with Crippen LogP contribution in [0.1, 0.15) is 15.9 Å². The second-order valence-electron chi connectivity index (χ2n) is 6.43. The average molecular weight is 399 g/mol. The highest BCUT2D eigenvalue weighted by molar-refractivity contribution is 5.99. The van der Waals surface area contributed by atoms with Crippen molar-refractivity contribution in [1.82, 2.24) is 14.5 Å². The highest BCUT2D eigenvalue weighted by Crippen LogP contribution is 2.33. The molecular formula is C22H17N5O3. The summed E-state index contributed by atoms with van der Waals surface area (Å²) in [4.78, 5) is 21.1. The standard InChI is InChI=1S/C22H17N5O3/c1-29-18-9-16-17(10-19(18)30-2)27(12-25-16)20-7-6-15(22(24)28)21(26-20)14-5-3-4-13(8-14)11-23/h3-10,12H,1-2H3,(H2,24,28). The number of carbonyl (C=O) groups excluding carboxylic acids is 1. The molecule has 2 aromatic carbocycles. The SMILES string of the molecule is COc1cc2ncn(-c3ccc(C(N)=O)c(-c4cccc(C#N)c4)n3)c2cc1OC. The van der Waals surface area contributed by atoms with Crippen molar-refractivity contribution >= 4 is 16.9 Å². The molecule has 4 rings (SSSR count). The Kier molecular flexibility index (Phi) is 4.78. The topological polar surface area (TPSA) is 116 Å². The van der Waals surface area contributed by atoms with Crippen LogP contribution < -0.4 is 15.2 Å². The van der Waals surface area contributed by atoms with Gasteiger partial charge in [0.15, 0.2) is 11.5 Å². The number of hydrogen-bond acceptors (Lipinski definition) is 6. The van der Waals surface area contributed by atoms with Crippen LogP contribution in [0.3, 0.4) is 0 Å². The van der Waals surface area contributed by atoms with Gasteiger partial charge in [0.05, 0.1) is 48.1 Å². The zero-order chi connectivity index (χ0) is 21.3.